The van der Waals surface area contributed by atoms with Gasteiger partial charge in [-0.3, -0.25) is 5.01 Å². The van der Waals surface area contributed by atoms with E-state index in [4.69, 9.17) is 23.2 Å². The van der Waals surface area contributed by atoms with Gasteiger partial charge in [0, 0.05) is 28.7 Å². The summed E-state index contributed by atoms with van der Waals surface area (Å²) in [5.74, 6) is -1.33. The molecule has 1 heterocycles. The average molecular weight is 369 g/mol. The van der Waals surface area contributed by atoms with E-state index in [2.05, 4.69) is 10.1 Å². The van der Waals surface area contributed by atoms with E-state index in [1.165, 1.54) is 29.6 Å². The van der Waals surface area contributed by atoms with E-state index in [1.807, 2.05) is 0 Å². The lowest BCUT2D eigenvalue weighted by atomic mass is 9.97. The molecule has 24 heavy (non-hydrogen) atoms. The Hall–Kier alpha value is -2.18. The van der Waals surface area contributed by atoms with Crippen LogP contribution in [0.1, 0.15) is 17.2 Å². The summed E-state index contributed by atoms with van der Waals surface area (Å²) in [7, 11) is 1.70. The molecule has 0 N–H and O–H groups in total. The maximum Gasteiger partial charge on any atom is 0.139 e. The van der Waals surface area contributed by atoms with Gasteiger partial charge < -0.3 is 0 Å². The summed E-state index contributed by atoms with van der Waals surface area (Å²) in [4.78, 5) is 5.33. The Balaban J connectivity index is 2.17. The third kappa shape index (κ3) is 3.20. The van der Waals surface area contributed by atoms with Gasteiger partial charge in [0.05, 0.1) is 0 Å². The minimum Gasteiger partial charge on any atom is -0.286 e. The van der Waals surface area contributed by atoms with Crippen LogP contribution < -0.4 is 5.01 Å². The highest BCUT2D eigenvalue weighted by molar-refractivity contribution is 6.35. The Kier molecular flexibility index (Phi) is 4.69. The van der Waals surface area contributed by atoms with Gasteiger partial charge in [0.2, 0.25) is 0 Å². The summed E-state index contributed by atoms with van der Waals surface area (Å²) in [5.41, 5.74) is 0.850. The molecule has 0 saturated heterocycles. The van der Waals surface area contributed by atoms with Gasteiger partial charge in [0.1, 0.15) is 30.3 Å². The zero-order valence-corrected chi connectivity index (χ0v) is 14.0. The Morgan fingerprint density at radius 3 is 2.46 bits per heavy atom. The van der Waals surface area contributed by atoms with Crippen molar-refractivity contribution in [1.29, 1.82) is 0 Å². The topological polar surface area (TPSA) is 34.0 Å². The van der Waals surface area contributed by atoms with Crippen LogP contribution in [-0.2, 0) is 0 Å². The van der Waals surface area contributed by atoms with Crippen molar-refractivity contribution in [3.05, 3.63) is 81.9 Å². The fourth-order valence-electron chi connectivity index (χ4n) is 2.50. The van der Waals surface area contributed by atoms with Crippen molar-refractivity contribution >= 4 is 23.2 Å². The Morgan fingerprint density at radius 1 is 1.08 bits per heavy atom. The van der Waals surface area contributed by atoms with Gasteiger partial charge in [-0.15, -0.1) is 5.10 Å². The van der Waals surface area contributed by atoms with E-state index in [0.29, 0.717) is 15.6 Å². The van der Waals surface area contributed by atoms with Crippen LogP contribution in [0.15, 0.2) is 49.1 Å². The lowest BCUT2D eigenvalue weighted by Gasteiger charge is -2.30. The first-order chi connectivity index (χ1) is 11.5. The molecule has 1 aromatic heterocycles. The summed E-state index contributed by atoms with van der Waals surface area (Å²) >= 11 is 12.3. The van der Waals surface area contributed by atoms with Crippen LogP contribution >= 0.6 is 23.2 Å². The van der Waals surface area contributed by atoms with Gasteiger partial charge in [-0.25, -0.2) is 13.8 Å². The van der Waals surface area contributed by atoms with Gasteiger partial charge in [-0.1, -0.05) is 35.3 Å². The van der Waals surface area contributed by atoms with Crippen LogP contribution in [0.2, 0.25) is 10.0 Å². The Morgan fingerprint density at radius 2 is 1.83 bits per heavy atom. The lowest BCUT2D eigenvalue weighted by molar-refractivity contribution is 0.502. The van der Waals surface area contributed by atoms with Crippen LogP contribution in [0, 0.1) is 11.6 Å². The van der Waals surface area contributed by atoms with Gasteiger partial charge in [-0.05, 0) is 23.8 Å². The summed E-state index contributed by atoms with van der Waals surface area (Å²) in [5, 5.41) is 6.51. The minimum atomic E-state index is -0.682. The van der Waals surface area contributed by atoms with Crippen molar-refractivity contribution in [2.75, 3.05) is 12.1 Å². The third-order valence-electron chi connectivity index (χ3n) is 3.62. The minimum absolute atomic E-state index is 0.249. The molecule has 0 saturated carbocycles. The SMILES string of the molecule is CN(C(c1ccc(F)cc1F)c1ccc(Cl)cc1Cl)n1cncn1. The number of benzene rings is 2. The molecule has 2 aromatic carbocycles. The van der Waals surface area contributed by atoms with Gasteiger partial charge in [-0.2, -0.15) is 4.79 Å². The molecule has 3 rings (SSSR count). The monoisotopic (exact) mass is 368 g/mol. The second-order valence-electron chi connectivity index (χ2n) is 5.12. The van der Waals surface area contributed by atoms with Crippen molar-refractivity contribution in [1.82, 2.24) is 14.9 Å². The molecule has 0 amide bonds. The molecule has 1 atom stereocenters. The van der Waals surface area contributed by atoms with E-state index >= 15 is 0 Å². The smallest absolute Gasteiger partial charge is 0.139 e. The zero-order valence-electron chi connectivity index (χ0n) is 12.5. The number of hydrogen-bond donors (Lipinski definition) is 0. The van der Waals surface area contributed by atoms with Crippen LogP contribution in [0.25, 0.3) is 0 Å². The van der Waals surface area contributed by atoms with Crippen molar-refractivity contribution in [3.63, 3.8) is 0 Å². The predicted octanol–water partition coefficient (Wildman–Crippen LogP) is 4.22. The largest absolute Gasteiger partial charge is 0.286 e. The first-order valence-corrected chi connectivity index (χ1v) is 7.70. The van der Waals surface area contributed by atoms with E-state index in [-0.39, 0.29) is 5.56 Å². The van der Waals surface area contributed by atoms with Gasteiger partial charge >= 0.3 is 0 Å². The van der Waals surface area contributed by atoms with E-state index in [1.54, 1.807) is 30.3 Å². The van der Waals surface area contributed by atoms with Gasteiger partial charge in [0.15, 0.2) is 0 Å². The second-order valence-corrected chi connectivity index (χ2v) is 5.97. The Bertz CT molecular complexity index is 804. The van der Waals surface area contributed by atoms with E-state index in [9.17, 15) is 8.78 Å². The molecule has 3 aromatic rings. The van der Waals surface area contributed by atoms with Gasteiger partial charge in [0.25, 0.3) is 0 Å². The fourth-order valence-corrected chi connectivity index (χ4v) is 3.01. The molecule has 1 unspecified atom stereocenters. The highest BCUT2D eigenvalue weighted by Gasteiger charge is 2.26. The normalized spacial score (nSPS) is 12.2. The molecule has 8 heteroatoms. The van der Waals surface area contributed by atoms with Crippen molar-refractivity contribution < 1.29 is 8.78 Å². The average Bonchev–Trinajstić information content (AvgIpc) is 3.05. The lowest BCUT2D eigenvalue weighted by Crippen LogP contribution is -2.36. The number of aromatic nitrogens is 3. The van der Waals surface area contributed by atoms with E-state index < -0.39 is 17.7 Å². The Labute approximate surface area is 147 Å². The predicted molar refractivity (Wildman–Crippen MR) is 88.8 cm³/mol. The highest BCUT2D eigenvalue weighted by atomic mass is 35.5. The molecular weight excluding hydrogens is 357 g/mol. The molecule has 0 spiro atoms. The molecule has 0 aliphatic heterocycles. The summed E-state index contributed by atoms with van der Waals surface area (Å²) < 4.78 is 27.7. The molecule has 0 aliphatic rings. The molecule has 0 fully saturated rings. The molecule has 0 aliphatic carbocycles. The van der Waals surface area contributed by atoms with Crippen LogP contribution in [0.5, 0.6) is 0 Å². The molecule has 0 bridgehead atoms. The molecular formula is C16H12Cl2F2N4. The highest BCUT2D eigenvalue weighted by Crippen LogP contribution is 2.34. The zero-order chi connectivity index (χ0) is 17.3. The standard InChI is InChI=1S/C16H12Cl2F2N4/c1-23(24-9-21-8-22-24)16(12-4-2-10(17)6-14(12)18)13-5-3-11(19)7-15(13)20/h2-9,16H,1H3. The second kappa shape index (κ2) is 6.75. The fraction of sp³-hybridized carbons (Fsp3) is 0.125. The summed E-state index contributed by atoms with van der Waals surface area (Å²) in [6.07, 6.45) is 2.83. The quantitative estimate of drug-likeness (QED) is 0.691. The first kappa shape index (κ1) is 16.7. The van der Waals surface area contributed by atoms with Crippen molar-refractivity contribution in [2.24, 2.45) is 0 Å². The number of halogens is 4. The van der Waals surface area contributed by atoms with Crippen LogP contribution in [0.4, 0.5) is 8.78 Å². The van der Waals surface area contributed by atoms with Crippen molar-refractivity contribution in [2.45, 2.75) is 6.04 Å². The van der Waals surface area contributed by atoms with Crippen LogP contribution in [0.3, 0.4) is 0 Å². The summed E-state index contributed by atoms with van der Waals surface area (Å²) in [6, 6.07) is 7.69. The maximum absolute atomic E-state index is 14.4. The maximum atomic E-state index is 14.4. The third-order valence-corrected chi connectivity index (χ3v) is 4.18. The van der Waals surface area contributed by atoms with E-state index in [0.717, 1.165) is 6.07 Å². The molecule has 124 valence electrons. The summed E-state index contributed by atoms with van der Waals surface area (Å²) in [6.45, 7) is 0. The van der Waals surface area contributed by atoms with Crippen molar-refractivity contribution in [3.8, 4) is 0 Å². The first-order valence-electron chi connectivity index (χ1n) is 6.95. The number of hydrogen-bond acceptors (Lipinski definition) is 3. The molecule has 0 radical (unpaired) electrons. The number of nitrogens with zero attached hydrogens (tertiary/aromatic N) is 4. The van der Waals surface area contributed by atoms with Crippen LogP contribution in [-0.4, -0.2) is 21.9 Å². The molecule has 4 nitrogen and oxygen atoms in total. The number of rotatable bonds is 4.